The van der Waals surface area contributed by atoms with Gasteiger partial charge in [0.25, 0.3) is 0 Å². The lowest BCUT2D eigenvalue weighted by Gasteiger charge is -2.08. The van der Waals surface area contributed by atoms with Gasteiger partial charge in [0.1, 0.15) is 22.5 Å². The standard InChI is InChI=1S/C30H22ClF3/c1-2-3-4-20-5-7-21(8-6-20)9-10-22-12-16-26-25(17-22)15-14-24(30(26)34)13-11-23-18-27(32)29(31)28(33)19-23/h2,5-8,12,14-19H,1,3-4,11,13H2. The van der Waals surface area contributed by atoms with Crippen molar-refractivity contribution in [3.63, 3.8) is 0 Å². The van der Waals surface area contributed by atoms with Crippen LogP contribution in [0.25, 0.3) is 10.8 Å². The molecule has 0 aromatic heterocycles. The molecule has 0 aliphatic rings. The van der Waals surface area contributed by atoms with E-state index < -0.39 is 16.7 Å². The van der Waals surface area contributed by atoms with Crippen LogP contribution in [0.1, 0.15) is 34.2 Å². The highest BCUT2D eigenvalue weighted by atomic mass is 35.5. The molecule has 0 N–H and O–H groups in total. The van der Waals surface area contributed by atoms with Crippen LogP contribution in [0, 0.1) is 29.3 Å². The quantitative estimate of drug-likeness (QED) is 0.150. The topological polar surface area (TPSA) is 0 Å². The average molecular weight is 475 g/mol. The molecule has 0 amide bonds. The summed E-state index contributed by atoms with van der Waals surface area (Å²) in [5.74, 6) is 4.34. The van der Waals surface area contributed by atoms with E-state index in [0.29, 0.717) is 29.4 Å². The molecule has 0 fully saturated rings. The first-order valence-electron chi connectivity index (χ1n) is 11.0. The molecule has 0 spiro atoms. The Morgan fingerprint density at radius 2 is 1.41 bits per heavy atom. The summed E-state index contributed by atoms with van der Waals surface area (Å²) in [6.07, 6.45) is 4.42. The Morgan fingerprint density at radius 3 is 2.12 bits per heavy atom. The first-order chi connectivity index (χ1) is 16.4. The Labute approximate surface area is 202 Å². The van der Waals surface area contributed by atoms with Gasteiger partial charge in [0, 0.05) is 16.5 Å². The number of rotatable bonds is 6. The first kappa shape index (κ1) is 23.7. The molecule has 0 bridgehead atoms. The number of fused-ring (bicyclic) bond motifs is 1. The van der Waals surface area contributed by atoms with Crippen molar-refractivity contribution in [2.75, 3.05) is 0 Å². The van der Waals surface area contributed by atoms with E-state index in [2.05, 4.69) is 30.6 Å². The van der Waals surface area contributed by atoms with Gasteiger partial charge in [0.2, 0.25) is 0 Å². The second kappa shape index (κ2) is 10.6. The molecule has 0 aliphatic carbocycles. The van der Waals surface area contributed by atoms with Crippen LogP contribution in [-0.2, 0) is 19.3 Å². The highest BCUT2D eigenvalue weighted by Crippen LogP contribution is 2.25. The van der Waals surface area contributed by atoms with Crippen molar-refractivity contribution in [1.82, 2.24) is 0 Å². The number of aryl methyl sites for hydroxylation is 3. The van der Waals surface area contributed by atoms with E-state index in [-0.39, 0.29) is 5.82 Å². The summed E-state index contributed by atoms with van der Waals surface area (Å²) in [5, 5.41) is 0.708. The fraction of sp³-hybridized carbons (Fsp3) is 0.133. The largest absolute Gasteiger partial charge is 0.206 e. The zero-order valence-electron chi connectivity index (χ0n) is 18.5. The highest BCUT2D eigenvalue weighted by molar-refractivity contribution is 6.30. The Hall–Kier alpha value is -3.48. The smallest absolute Gasteiger partial charge is 0.145 e. The van der Waals surface area contributed by atoms with E-state index in [1.807, 2.05) is 30.3 Å². The van der Waals surface area contributed by atoms with Gasteiger partial charge in [-0.2, -0.15) is 0 Å². The number of hydrogen-bond acceptors (Lipinski definition) is 0. The minimum Gasteiger partial charge on any atom is -0.206 e. The molecule has 0 saturated heterocycles. The zero-order chi connectivity index (χ0) is 24.1. The van der Waals surface area contributed by atoms with E-state index in [4.69, 9.17) is 11.6 Å². The second-order valence-electron chi connectivity index (χ2n) is 8.12. The van der Waals surface area contributed by atoms with Crippen LogP contribution in [0.5, 0.6) is 0 Å². The van der Waals surface area contributed by atoms with Crippen LogP contribution in [-0.4, -0.2) is 0 Å². The fourth-order valence-corrected chi connectivity index (χ4v) is 3.92. The van der Waals surface area contributed by atoms with Gasteiger partial charge >= 0.3 is 0 Å². The average Bonchev–Trinajstić information content (AvgIpc) is 2.85. The maximum Gasteiger partial charge on any atom is 0.145 e. The summed E-state index contributed by atoms with van der Waals surface area (Å²) >= 11 is 5.53. The van der Waals surface area contributed by atoms with Gasteiger partial charge in [-0.25, -0.2) is 13.2 Å². The van der Waals surface area contributed by atoms with Crippen molar-refractivity contribution in [2.24, 2.45) is 0 Å². The molecule has 4 aromatic carbocycles. The van der Waals surface area contributed by atoms with Crippen LogP contribution in [0.15, 0.2) is 79.4 Å². The van der Waals surface area contributed by atoms with Crippen molar-refractivity contribution in [2.45, 2.75) is 25.7 Å². The molecule has 34 heavy (non-hydrogen) atoms. The number of halogens is 4. The first-order valence-corrected chi connectivity index (χ1v) is 11.4. The maximum absolute atomic E-state index is 15.1. The van der Waals surface area contributed by atoms with Crippen molar-refractivity contribution in [1.29, 1.82) is 0 Å². The van der Waals surface area contributed by atoms with Gasteiger partial charge in [-0.1, -0.05) is 59.8 Å². The fourth-order valence-electron chi connectivity index (χ4n) is 3.81. The molecular formula is C30H22ClF3. The van der Waals surface area contributed by atoms with E-state index in [1.165, 1.54) is 17.7 Å². The molecule has 0 atom stereocenters. The zero-order valence-corrected chi connectivity index (χ0v) is 19.2. The van der Waals surface area contributed by atoms with Crippen LogP contribution in [0.3, 0.4) is 0 Å². The molecular weight excluding hydrogens is 453 g/mol. The van der Waals surface area contributed by atoms with Crippen LogP contribution in [0.4, 0.5) is 13.2 Å². The van der Waals surface area contributed by atoms with Gasteiger partial charge in [-0.05, 0) is 84.2 Å². The second-order valence-corrected chi connectivity index (χ2v) is 8.50. The molecule has 4 heteroatoms. The van der Waals surface area contributed by atoms with Gasteiger partial charge in [0.05, 0.1) is 0 Å². The third-order valence-electron chi connectivity index (χ3n) is 5.70. The minimum atomic E-state index is -0.812. The van der Waals surface area contributed by atoms with E-state index in [0.717, 1.165) is 29.4 Å². The van der Waals surface area contributed by atoms with Crippen LogP contribution < -0.4 is 0 Å². The van der Waals surface area contributed by atoms with Gasteiger partial charge in [0.15, 0.2) is 0 Å². The summed E-state index contributed by atoms with van der Waals surface area (Å²) in [6, 6.07) is 19.4. The monoisotopic (exact) mass is 474 g/mol. The lowest BCUT2D eigenvalue weighted by atomic mass is 9.99. The maximum atomic E-state index is 15.1. The third-order valence-corrected chi connectivity index (χ3v) is 6.06. The van der Waals surface area contributed by atoms with Crippen molar-refractivity contribution in [3.8, 4) is 11.8 Å². The number of hydrogen-bond donors (Lipinski definition) is 0. The van der Waals surface area contributed by atoms with Crippen molar-refractivity contribution < 1.29 is 13.2 Å². The van der Waals surface area contributed by atoms with Crippen LogP contribution in [0.2, 0.25) is 5.02 Å². The molecule has 0 heterocycles. The Morgan fingerprint density at radius 1 is 0.735 bits per heavy atom. The summed E-state index contributed by atoms with van der Waals surface area (Å²) in [6.45, 7) is 3.74. The summed E-state index contributed by atoms with van der Waals surface area (Å²) in [4.78, 5) is 0. The predicted molar refractivity (Wildman–Crippen MR) is 134 cm³/mol. The van der Waals surface area contributed by atoms with Crippen molar-refractivity contribution in [3.05, 3.63) is 130 Å². The van der Waals surface area contributed by atoms with Gasteiger partial charge < -0.3 is 0 Å². The third kappa shape index (κ3) is 5.53. The van der Waals surface area contributed by atoms with Gasteiger partial charge in [-0.15, -0.1) is 6.58 Å². The van der Waals surface area contributed by atoms with E-state index in [1.54, 1.807) is 18.2 Å². The van der Waals surface area contributed by atoms with Crippen LogP contribution >= 0.6 is 11.6 Å². The van der Waals surface area contributed by atoms with Gasteiger partial charge in [-0.3, -0.25) is 0 Å². The Balaban J connectivity index is 1.50. The SMILES string of the molecule is C=CCCc1ccc(C#Cc2ccc3c(F)c(CCc4cc(F)c(Cl)c(F)c4)ccc3c2)cc1. The highest BCUT2D eigenvalue weighted by Gasteiger charge is 2.11. The van der Waals surface area contributed by atoms with Crippen molar-refractivity contribution >= 4 is 22.4 Å². The lowest BCUT2D eigenvalue weighted by molar-refractivity contribution is 0.579. The predicted octanol–water partition coefficient (Wildman–Crippen LogP) is 8.21. The molecule has 170 valence electrons. The van der Waals surface area contributed by atoms with E-state index in [9.17, 15) is 8.78 Å². The Kier molecular flexibility index (Phi) is 7.40. The molecule has 0 radical (unpaired) electrons. The summed E-state index contributed by atoms with van der Waals surface area (Å²) in [5.41, 5.74) is 3.87. The number of benzene rings is 4. The minimum absolute atomic E-state index is 0.295. The summed E-state index contributed by atoms with van der Waals surface area (Å²) in [7, 11) is 0. The van der Waals surface area contributed by atoms with E-state index >= 15 is 4.39 Å². The summed E-state index contributed by atoms with van der Waals surface area (Å²) < 4.78 is 42.4. The molecule has 4 aromatic rings. The molecule has 4 rings (SSSR count). The molecule has 0 unspecified atom stereocenters. The normalized spacial score (nSPS) is 10.7. The molecule has 0 aliphatic heterocycles. The molecule has 0 nitrogen and oxygen atoms in total. The number of allylic oxidation sites excluding steroid dienone is 1. The lowest BCUT2D eigenvalue weighted by Crippen LogP contribution is -1.98. The molecule has 0 saturated carbocycles. The Bertz CT molecular complexity index is 1390.